The Labute approximate surface area is 43.2 Å². The molecule has 0 aliphatic heterocycles. The van der Waals surface area contributed by atoms with Gasteiger partial charge in [-0.2, -0.15) is 0 Å². The molecule has 6 heavy (non-hydrogen) atoms. The summed E-state index contributed by atoms with van der Waals surface area (Å²) in [7, 11) is -2.17. The molecule has 0 aromatic rings. The van der Waals surface area contributed by atoms with Crippen LogP contribution in [0.2, 0.25) is 0 Å². The molecule has 0 spiro atoms. The predicted molar refractivity (Wildman–Crippen MR) is 20.2 cm³/mol. The first-order valence-corrected chi connectivity index (χ1v) is 1.64. The number of hydrogen-bond acceptors (Lipinski definition) is 4. The zero-order valence-electron chi connectivity index (χ0n) is 3.03. The molecule has 0 bridgehead atoms. The summed E-state index contributed by atoms with van der Waals surface area (Å²) >= 11 is 0.611. The first kappa shape index (κ1) is 9.56. The van der Waals surface area contributed by atoms with E-state index in [0.29, 0.717) is 16.2 Å². The van der Waals surface area contributed by atoms with Crippen LogP contribution in [0.1, 0.15) is 0 Å². The normalized spacial score (nSPS) is 5.00. The predicted octanol–water partition coefficient (Wildman–Crippen LogP) is -2.82. The van der Waals surface area contributed by atoms with Crippen molar-refractivity contribution in [2.45, 2.75) is 0 Å². The first-order valence-electron chi connectivity index (χ1n) is 1.06. The van der Waals surface area contributed by atoms with Crippen molar-refractivity contribution in [3.05, 3.63) is 0 Å². The molecule has 0 amide bonds. The average molecular weight is 106 g/mol. The Bertz CT molecular complexity index is 18.8. The molecule has 0 aliphatic rings. The van der Waals surface area contributed by atoms with Gasteiger partial charge >= 0.3 is 27.3 Å². The van der Waals surface area contributed by atoms with Gasteiger partial charge in [0.05, 0.1) is 0 Å². The minimum absolute atomic E-state index is 0.611. The van der Waals surface area contributed by atoms with E-state index >= 15 is 0 Å². The van der Waals surface area contributed by atoms with E-state index < -0.39 is 7.32 Å². The van der Waals surface area contributed by atoms with E-state index in [1.54, 1.807) is 0 Å². The number of hydrogen-bond donors (Lipinski definition) is 3. The fourth-order valence-corrected chi connectivity index (χ4v) is 0. The molecule has 34 valence electrons. The van der Waals surface area contributed by atoms with Crippen molar-refractivity contribution in [3.63, 3.8) is 0 Å². The Morgan fingerprint density at radius 3 is 1.17 bits per heavy atom. The second kappa shape index (κ2) is 8.99. The third-order valence-corrected chi connectivity index (χ3v) is 0. The molecular weight excluding hydrogens is 102 g/mol. The van der Waals surface area contributed by atoms with Crippen molar-refractivity contribution in [1.82, 2.24) is 0 Å². The molecule has 0 radical (unpaired) electrons. The summed E-state index contributed by atoms with van der Waals surface area (Å²) in [6.07, 6.45) is 0. The van der Waals surface area contributed by atoms with Gasteiger partial charge in [0, 0.05) is 0 Å². The van der Waals surface area contributed by atoms with Crippen molar-refractivity contribution < 1.29 is 18.9 Å². The zero-order chi connectivity index (χ0) is 5.58. The third kappa shape index (κ3) is 597. The van der Waals surface area contributed by atoms with Crippen LogP contribution in [0.3, 0.4) is 0 Å². The summed E-state index contributed by atoms with van der Waals surface area (Å²) in [6.45, 7) is 0. The van der Waals surface area contributed by atoms with Crippen LogP contribution in [0.4, 0.5) is 0 Å². The molecule has 0 fully saturated rings. The maximum absolute atomic E-state index is 8.28. The van der Waals surface area contributed by atoms with E-state index in [9.17, 15) is 0 Å². The molecule has 0 rings (SSSR count). The van der Waals surface area contributed by atoms with Gasteiger partial charge in [0.15, 0.2) is 0 Å². The first-order chi connectivity index (χ1) is 2.73. The molecule has 0 atom stereocenters. The summed E-state index contributed by atoms with van der Waals surface area (Å²) in [5, 5.41) is 21.5. The summed E-state index contributed by atoms with van der Waals surface area (Å²) in [4.78, 5) is 0. The molecule has 6 heteroatoms. The Balaban J connectivity index is 0. The minimum atomic E-state index is -2.17. The second-order valence-corrected chi connectivity index (χ2v) is 0.346. The Kier molecular flexibility index (Phi) is 14.3. The van der Waals surface area contributed by atoms with Gasteiger partial charge in [-0.3, -0.25) is 0 Å². The van der Waals surface area contributed by atoms with Gasteiger partial charge in [-0.05, 0) is 0 Å². The molecule has 3 N–H and O–H groups in total. The third-order valence-electron chi connectivity index (χ3n) is 0. The van der Waals surface area contributed by atoms with Gasteiger partial charge < -0.3 is 15.1 Å². The van der Waals surface area contributed by atoms with Crippen molar-refractivity contribution in [2.75, 3.05) is 0 Å². The summed E-state index contributed by atoms with van der Waals surface area (Å²) in [5.41, 5.74) is 0. The SMILES string of the molecule is OB(O)O.[O]=[AlH]. The van der Waals surface area contributed by atoms with E-state index in [0.717, 1.165) is 0 Å². The van der Waals surface area contributed by atoms with Gasteiger partial charge in [-0.15, -0.1) is 0 Å². The second-order valence-electron chi connectivity index (χ2n) is 0.346. The van der Waals surface area contributed by atoms with Crippen molar-refractivity contribution in [3.8, 4) is 0 Å². The molecule has 0 saturated heterocycles. The van der Waals surface area contributed by atoms with E-state index in [4.69, 9.17) is 18.9 Å². The Morgan fingerprint density at radius 1 is 1.17 bits per heavy atom. The van der Waals surface area contributed by atoms with Gasteiger partial charge in [0.25, 0.3) is 0 Å². The average Bonchev–Trinajstić information content (AvgIpc) is 1.41. The van der Waals surface area contributed by atoms with Crippen LogP contribution in [-0.4, -0.2) is 38.6 Å². The monoisotopic (exact) mass is 106 g/mol. The fourth-order valence-electron chi connectivity index (χ4n) is 0. The van der Waals surface area contributed by atoms with Crippen LogP contribution in [0.15, 0.2) is 0 Å². The summed E-state index contributed by atoms with van der Waals surface area (Å²) in [6, 6.07) is 0. The standard InChI is InChI=1S/Al.BH3O3.O.H/c;2-1(3)4;;/h;2-4H;;. The van der Waals surface area contributed by atoms with Gasteiger partial charge in [-0.25, -0.2) is 0 Å². The Hall–Kier alpha value is 0.277. The van der Waals surface area contributed by atoms with Crippen LogP contribution in [-0.2, 0) is 3.80 Å². The fraction of sp³-hybridized carbons (Fsp3) is 0. The maximum atomic E-state index is 8.28. The van der Waals surface area contributed by atoms with Crippen molar-refractivity contribution in [2.24, 2.45) is 0 Å². The van der Waals surface area contributed by atoms with E-state index in [-0.39, 0.29) is 0 Å². The van der Waals surface area contributed by atoms with E-state index in [1.807, 2.05) is 0 Å². The molecular formula is H4AlBO4. The van der Waals surface area contributed by atoms with Gasteiger partial charge in [-0.1, -0.05) is 0 Å². The molecule has 0 unspecified atom stereocenters. The molecule has 0 saturated carbocycles. The zero-order valence-corrected chi connectivity index (χ0v) is 4.45. The van der Waals surface area contributed by atoms with Crippen LogP contribution >= 0.6 is 0 Å². The van der Waals surface area contributed by atoms with Crippen LogP contribution in [0.25, 0.3) is 0 Å². The van der Waals surface area contributed by atoms with E-state index in [1.165, 1.54) is 0 Å². The van der Waals surface area contributed by atoms with Crippen LogP contribution in [0, 0.1) is 0 Å². The quantitative estimate of drug-likeness (QED) is 0.291. The topological polar surface area (TPSA) is 77.8 Å². The van der Waals surface area contributed by atoms with Crippen molar-refractivity contribution in [1.29, 1.82) is 0 Å². The molecule has 4 nitrogen and oxygen atoms in total. The molecule has 0 aromatic heterocycles. The summed E-state index contributed by atoms with van der Waals surface area (Å²) < 4.78 is 8.28. The van der Waals surface area contributed by atoms with Crippen LogP contribution < -0.4 is 0 Å². The van der Waals surface area contributed by atoms with Crippen LogP contribution in [0.5, 0.6) is 0 Å². The van der Waals surface area contributed by atoms with E-state index in [2.05, 4.69) is 0 Å². The van der Waals surface area contributed by atoms with Gasteiger partial charge in [0.2, 0.25) is 0 Å². The van der Waals surface area contributed by atoms with Crippen molar-refractivity contribution >= 4 is 23.5 Å². The summed E-state index contributed by atoms with van der Waals surface area (Å²) in [5.74, 6) is 0. The number of rotatable bonds is 0. The molecule has 0 aliphatic carbocycles. The molecule has 0 aromatic carbocycles. The van der Waals surface area contributed by atoms with Gasteiger partial charge in [0.1, 0.15) is 0 Å². The Morgan fingerprint density at radius 2 is 1.17 bits per heavy atom. The molecule has 0 heterocycles.